The minimum atomic E-state index is -0.643. The summed E-state index contributed by atoms with van der Waals surface area (Å²) in [7, 11) is 0. The number of carbonyl (C=O) groups is 2. The van der Waals surface area contributed by atoms with Crippen LogP contribution in [-0.2, 0) is 9.53 Å². The molecule has 0 amide bonds. The third-order valence-corrected chi connectivity index (χ3v) is 3.42. The summed E-state index contributed by atoms with van der Waals surface area (Å²) < 4.78 is 5.38. The quantitative estimate of drug-likeness (QED) is 0.502. The van der Waals surface area contributed by atoms with Gasteiger partial charge in [0.2, 0.25) is 0 Å². The van der Waals surface area contributed by atoms with Crippen molar-refractivity contribution in [3.05, 3.63) is 35.9 Å². The lowest BCUT2D eigenvalue weighted by Crippen LogP contribution is -2.48. The van der Waals surface area contributed by atoms with Crippen molar-refractivity contribution in [2.75, 3.05) is 6.54 Å². The molecule has 0 atom stereocenters. The fourth-order valence-electron chi connectivity index (χ4n) is 2.50. The highest BCUT2D eigenvalue weighted by atomic mass is 16.6. The first kappa shape index (κ1) is 13.7. The Labute approximate surface area is 113 Å². The van der Waals surface area contributed by atoms with Crippen molar-refractivity contribution in [2.45, 2.75) is 38.3 Å². The number of ketones is 1. The van der Waals surface area contributed by atoms with Crippen LogP contribution in [0, 0.1) is 0 Å². The van der Waals surface area contributed by atoms with Crippen LogP contribution < -0.4 is 5.32 Å². The van der Waals surface area contributed by atoms with Gasteiger partial charge in [-0.1, -0.05) is 30.3 Å². The van der Waals surface area contributed by atoms with Crippen molar-refractivity contribution in [3.63, 3.8) is 0 Å². The van der Waals surface area contributed by atoms with Gasteiger partial charge in [-0.25, -0.2) is 0 Å². The van der Waals surface area contributed by atoms with Gasteiger partial charge in [0.15, 0.2) is 11.5 Å². The maximum Gasteiger partial charge on any atom is 0.304 e. The molecule has 4 nitrogen and oxygen atoms in total. The molecule has 1 saturated carbocycles. The van der Waals surface area contributed by atoms with Crippen LogP contribution in [0.5, 0.6) is 0 Å². The zero-order valence-electron chi connectivity index (χ0n) is 11.1. The first-order chi connectivity index (χ1) is 9.11. The maximum absolute atomic E-state index is 12.0. The lowest BCUT2D eigenvalue weighted by molar-refractivity contribution is -0.159. The van der Waals surface area contributed by atoms with Gasteiger partial charge in [-0.05, 0) is 12.8 Å². The van der Waals surface area contributed by atoms with Gasteiger partial charge in [-0.3, -0.25) is 14.9 Å². The molecule has 4 heteroatoms. The van der Waals surface area contributed by atoms with Crippen LogP contribution >= 0.6 is 0 Å². The Hall–Kier alpha value is -1.68. The molecule has 1 aromatic rings. The smallest absolute Gasteiger partial charge is 0.304 e. The molecular weight excluding hydrogens is 242 g/mol. The second-order valence-electron chi connectivity index (χ2n) is 4.94. The number of carbonyl (C=O) groups excluding carboxylic acids is 2. The summed E-state index contributed by atoms with van der Waals surface area (Å²) in [5, 5.41) is 3.13. The van der Waals surface area contributed by atoms with E-state index in [9.17, 15) is 9.59 Å². The molecule has 0 spiro atoms. The molecular formula is C15H19NO3. The molecule has 0 bridgehead atoms. The highest BCUT2D eigenvalue weighted by Gasteiger charge is 2.36. The van der Waals surface area contributed by atoms with E-state index in [-0.39, 0.29) is 18.3 Å². The van der Waals surface area contributed by atoms with Crippen LogP contribution in [0.25, 0.3) is 0 Å². The van der Waals surface area contributed by atoms with Crippen LogP contribution in [0.4, 0.5) is 0 Å². The SMILES string of the molecule is CC(=O)OC1(NCC(=O)c2ccccc2)CCCC1. The fraction of sp³-hybridized carbons (Fsp3) is 0.467. The zero-order valence-corrected chi connectivity index (χ0v) is 11.1. The van der Waals surface area contributed by atoms with E-state index < -0.39 is 5.72 Å². The van der Waals surface area contributed by atoms with Gasteiger partial charge in [0, 0.05) is 25.3 Å². The predicted molar refractivity (Wildman–Crippen MR) is 71.7 cm³/mol. The summed E-state index contributed by atoms with van der Waals surface area (Å²) in [5.74, 6) is -0.291. The molecule has 0 saturated heterocycles. The van der Waals surface area contributed by atoms with Gasteiger partial charge < -0.3 is 4.74 Å². The van der Waals surface area contributed by atoms with E-state index in [0.29, 0.717) is 5.56 Å². The van der Waals surface area contributed by atoms with Gasteiger partial charge in [0.25, 0.3) is 0 Å². The number of nitrogens with one attached hydrogen (secondary N) is 1. The molecule has 0 heterocycles. The van der Waals surface area contributed by atoms with Crippen LogP contribution in [0.1, 0.15) is 43.0 Å². The number of ether oxygens (including phenoxy) is 1. The molecule has 1 fully saturated rings. The molecule has 1 aromatic carbocycles. The monoisotopic (exact) mass is 261 g/mol. The summed E-state index contributed by atoms with van der Waals surface area (Å²) in [6.45, 7) is 1.60. The van der Waals surface area contributed by atoms with Crippen molar-refractivity contribution in [3.8, 4) is 0 Å². The maximum atomic E-state index is 12.0. The molecule has 1 N–H and O–H groups in total. The van der Waals surface area contributed by atoms with E-state index in [4.69, 9.17) is 4.74 Å². The van der Waals surface area contributed by atoms with E-state index >= 15 is 0 Å². The number of esters is 1. The number of rotatable bonds is 5. The van der Waals surface area contributed by atoms with Crippen molar-refractivity contribution in [1.29, 1.82) is 0 Å². The van der Waals surface area contributed by atoms with Crippen LogP contribution in [-0.4, -0.2) is 24.0 Å². The Bertz CT molecular complexity index is 450. The van der Waals surface area contributed by atoms with Crippen LogP contribution in [0.3, 0.4) is 0 Å². The third-order valence-electron chi connectivity index (χ3n) is 3.42. The molecule has 0 radical (unpaired) electrons. The summed E-state index contributed by atoms with van der Waals surface area (Å²) in [6.07, 6.45) is 3.57. The molecule has 1 aliphatic carbocycles. The number of Topliss-reactive ketones (excluding diaryl/α,β-unsaturated/α-hetero) is 1. The molecule has 2 rings (SSSR count). The van der Waals surface area contributed by atoms with Crippen LogP contribution in [0.2, 0.25) is 0 Å². The molecule has 102 valence electrons. The molecule has 0 aliphatic heterocycles. The largest absolute Gasteiger partial charge is 0.444 e. The van der Waals surface area contributed by atoms with Gasteiger partial charge in [-0.15, -0.1) is 0 Å². The van der Waals surface area contributed by atoms with Gasteiger partial charge in [-0.2, -0.15) is 0 Å². The summed E-state index contributed by atoms with van der Waals surface area (Å²) in [6, 6.07) is 9.13. The highest BCUT2D eigenvalue weighted by molar-refractivity contribution is 5.97. The second kappa shape index (κ2) is 5.97. The van der Waals surface area contributed by atoms with Crippen molar-refractivity contribution >= 4 is 11.8 Å². The molecule has 1 aliphatic rings. The third kappa shape index (κ3) is 3.64. The van der Waals surface area contributed by atoms with Crippen molar-refractivity contribution in [1.82, 2.24) is 5.32 Å². The average molecular weight is 261 g/mol. The van der Waals surface area contributed by atoms with Gasteiger partial charge in [0.1, 0.15) is 0 Å². The van der Waals surface area contributed by atoms with Crippen LogP contribution in [0.15, 0.2) is 30.3 Å². The fourth-order valence-corrected chi connectivity index (χ4v) is 2.50. The normalized spacial score (nSPS) is 17.1. The lowest BCUT2D eigenvalue weighted by atomic mass is 10.1. The van der Waals surface area contributed by atoms with E-state index in [2.05, 4.69) is 5.32 Å². The van der Waals surface area contributed by atoms with E-state index in [1.54, 1.807) is 12.1 Å². The minimum absolute atomic E-state index is 0.0130. The van der Waals surface area contributed by atoms with E-state index in [1.807, 2.05) is 18.2 Å². The molecule has 0 aromatic heterocycles. The van der Waals surface area contributed by atoms with Gasteiger partial charge in [0.05, 0.1) is 6.54 Å². The minimum Gasteiger partial charge on any atom is -0.444 e. The van der Waals surface area contributed by atoms with Crippen molar-refractivity contribution < 1.29 is 14.3 Å². The Balaban J connectivity index is 1.96. The highest BCUT2D eigenvalue weighted by Crippen LogP contribution is 2.30. The topological polar surface area (TPSA) is 55.4 Å². The van der Waals surface area contributed by atoms with E-state index in [0.717, 1.165) is 25.7 Å². The molecule has 0 unspecified atom stereocenters. The number of hydrogen-bond donors (Lipinski definition) is 1. The van der Waals surface area contributed by atoms with Gasteiger partial charge >= 0.3 is 5.97 Å². The molecule has 19 heavy (non-hydrogen) atoms. The Morgan fingerprint density at radius 1 is 1.21 bits per heavy atom. The Morgan fingerprint density at radius 2 is 1.84 bits per heavy atom. The summed E-state index contributed by atoms with van der Waals surface area (Å²) in [4.78, 5) is 23.2. The number of hydrogen-bond acceptors (Lipinski definition) is 4. The van der Waals surface area contributed by atoms with E-state index in [1.165, 1.54) is 6.92 Å². The first-order valence-corrected chi connectivity index (χ1v) is 6.64. The zero-order chi connectivity index (χ0) is 13.7. The summed E-state index contributed by atoms with van der Waals surface area (Å²) >= 11 is 0. The second-order valence-corrected chi connectivity index (χ2v) is 4.94. The summed E-state index contributed by atoms with van der Waals surface area (Å²) in [5.41, 5.74) is 0.0296. The standard InChI is InChI=1S/C15H19NO3/c1-12(17)19-15(9-5-6-10-15)16-11-14(18)13-7-3-2-4-8-13/h2-4,7-8,16H,5-6,9-11H2,1H3. The predicted octanol–water partition coefficient (Wildman–Crippen LogP) is 2.29. The van der Waals surface area contributed by atoms with Crippen molar-refractivity contribution in [2.24, 2.45) is 0 Å². The number of benzene rings is 1. The average Bonchev–Trinajstić information content (AvgIpc) is 2.85. The first-order valence-electron chi connectivity index (χ1n) is 6.64. The Morgan fingerprint density at radius 3 is 2.42 bits per heavy atom. The Kier molecular flexibility index (Phi) is 4.32. The lowest BCUT2D eigenvalue weighted by Gasteiger charge is -2.29.